The van der Waals surface area contributed by atoms with Gasteiger partial charge in [0.25, 0.3) is 10.2 Å². The van der Waals surface area contributed by atoms with E-state index in [2.05, 4.69) is 0 Å². The zero-order chi connectivity index (χ0) is 17.9. The highest BCUT2D eigenvalue weighted by Crippen LogP contribution is 2.21. The van der Waals surface area contributed by atoms with Gasteiger partial charge < -0.3 is 9.64 Å². The number of nitrogens with zero attached hydrogens (tertiary/aromatic N) is 3. The highest BCUT2D eigenvalue weighted by atomic mass is 32.2. The standard InChI is InChI=1S/C16H25N3O4S/c1-13-5-6-15(23-4)14(11-13)12-16(20)18-7-9-19(10-8-18)24(21,22)17(2)3/h5-6,11H,7-10,12H2,1-4H3. The van der Waals surface area contributed by atoms with Crippen LogP contribution in [0, 0.1) is 6.92 Å². The van der Waals surface area contributed by atoms with Crippen molar-refractivity contribution in [2.75, 3.05) is 47.4 Å². The second kappa shape index (κ2) is 7.50. The summed E-state index contributed by atoms with van der Waals surface area (Å²) in [5, 5.41) is 0. The highest BCUT2D eigenvalue weighted by molar-refractivity contribution is 7.86. The number of hydrogen-bond donors (Lipinski definition) is 0. The van der Waals surface area contributed by atoms with Crippen LogP contribution < -0.4 is 4.74 Å². The zero-order valence-corrected chi connectivity index (χ0v) is 15.5. The summed E-state index contributed by atoms with van der Waals surface area (Å²) in [6.45, 7) is 3.41. The smallest absolute Gasteiger partial charge is 0.281 e. The number of aryl methyl sites for hydroxylation is 1. The Labute approximate surface area is 144 Å². The molecule has 1 aromatic carbocycles. The van der Waals surface area contributed by atoms with E-state index in [4.69, 9.17) is 4.74 Å². The van der Waals surface area contributed by atoms with Crippen LogP contribution in [-0.2, 0) is 21.4 Å². The van der Waals surface area contributed by atoms with E-state index in [0.29, 0.717) is 31.9 Å². The molecule has 24 heavy (non-hydrogen) atoms. The minimum atomic E-state index is -3.42. The van der Waals surface area contributed by atoms with Crippen LogP contribution in [0.1, 0.15) is 11.1 Å². The number of rotatable bonds is 5. The minimum absolute atomic E-state index is 0.0131. The Morgan fingerprint density at radius 3 is 2.38 bits per heavy atom. The molecule has 134 valence electrons. The topological polar surface area (TPSA) is 70.2 Å². The molecule has 0 unspecified atom stereocenters. The average Bonchev–Trinajstić information content (AvgIpc) is 2.55. The molecule has 1 aliphatic heterocycles. The van der Waals surface area contributed by atoms with Crippen LogP contribution in [0.2, 0.25) is 0 Å². The Kier molecular flexibility index (Phi) is 5.84. The number of piperazine rings is 1. The lowest BCUT2D eigenvalue weighted by molar-refractivity contribution is -0.131. The van der Waals surface area contributed by atoms with E-state index in [1.54, 1.807) is 12.0 Å². The second-order valence-electron chi connectivity index (χ2n) is 6.06. The average molecular weight is 355 g/mol. The Hall–Kier alpha value is -1.64. The molecule has 1 fully saturated rings. The van der Waals surface area contributed by atoms with Crippen LogP contribution in [0.5, 0.6) is 5.75 Å². The van der Waals surface area contributed by atoms with Gasteiger partial charge in [-0.1, -0.05) is 17.7 Å². The molecular weight excluding hydrogens is 330 g/mol. The molecule has 0 aromatic heterocycles. The van der Waals surface area contributed by atoms with Gasteiger partial charge >= 0.3 is 0 Å². The normalized spacial score (nSPS) is 16.5. The van der Waals surface area contributed by atoms with Crippen molar-refractivity contribution in [3.8, 4) is 5.75 Å². The lowest BCUT2D eigenvalue weighted by atomic mass is 10.1. The summed E-state index contributed by atoms with van der Waals surface area (Å²) in [5.74, 6) is 0.684. The van der Waals surface area contributed by atoms with Crippen LogP contribution in [0.15, 0.2) is 18.2 Å². The van der Waals surface area contributed by atoms with E-state index in [1.165, 1.54) is 22.7 Å². The molecule has 0 N–H and O–H groups in total. The molecular formula is C16H25N3O4S. The lowest BCUT2D eigenvalue weighted by Gasteiger charge is -2.35. The quantitative estimate of drug-likeness (QED) is 0.771. The molecule has 2 rings (SSSR count). The summed E-state index contributed by atoms with van der Waals surface area (Å²) >= 11 is 0. The molecule has 1 heterocycles. The number of amides is 1. The van der Waals surface area contributed by atoms with Gasteiger partial charge in [0.05, 0.1) is 13.5 Å². The molecule has 7 nitrogen and oxygen atoms in total. The second-order valence-corrected chi connectivity index (χ2v) is 8.20. The molecule has 1 amide bonds. The van der Waals surface area contributed by atoms with Gasteiger partial charge in [-0.05, 0) is 13.0 Å². The van der Waals surface area contributed by atoms with E-state index in [1.807, 2.05) is 25.1 Å². The fraction of sp³-hybridized carbons (Fsp3) is 0.562. The molecule has 0 saturated carbocycles. The van der Waals surface area contributed by atoms with Gasteiger partial charge in [0.15, 0.2) is 0 Å². The van der Waals surface area contributed by atoms with Crippen molar-refractivity contribution in [1.29, 1.82) is 0 Å². The van der Waals surface area contributed by atoms with Crippen molar-refractivity contribution in [3.63, 3.8) is 0 Å². The molecule has 0 radical (unpaired) electrons. The molecule has 0 spiro atoms. The number of carbonyl (C=O) groups is 1. The predicted octanol–water partition coefficient (Wildman–Crippen LogP) is 0.497. The van der Waals surface area contributed by atoms with Crippen molar-refractivity contribution in [3.05, 3.63) is 29.3 Å². The van der Waals surface area contributed by atoms with Gasteiger partial charge in [-0.25, -0.2) is 0 Å². The molecule has 0 aliphatic carbocycles. The summed E-state index contributed by atoms with van der Waals surface area (Å²) in [5.41, 5.74) is 1.92. The van der Waals surface area contributed by atoms with Crippen LogP contribution in [0.25, 0.3) is 0 Å². The predicted molar refractivity (Wildman–Crippen MR) is 92.2 cm³/mol. The van der Waals surface area contributed by atoms with Crippen molar-refractivity contribution < 1.29 is 17.9 Å². The number of benzene rings is 1. The fourth-order valence-corrected chi connectivity index (χ4v) is 3.81. The first kappa shape index (κ1) is 18.7. The maximum Gasteiger partial charge on any atom is 0.281 e. The summed E-state index contributed by atoms with van der Waals surface area (Å²) < 4.78 is 32.1. The summed E-state index contributed by atoms with van der Waals surface area (Å²) in [4.78, 5) is 14.2. The summed E-state index contributed by atoms with van der Waals surface area (Å²) in [6, 6.07) is 5.75. The van der Waals surface area contributed by atoms with E-state index in [0.717, 1.165) is 11.1 Å². The SMILES string of the molecule is COc1ccc(C)cc1CC(=O)N1CCN(S(=O)(=O)N(C)C)CC1. The largest absolute Gasteiger partial charge is 0.496 e. The third-order valence-corrected chi connectivity index (χ3v) is 6.10. The highest BCUT2D eigenvalue weighted by Gasteiger charge is 2.30. The van der Waals surface area contributed by atoms with Crippen LogP contribution in [0.3, 0.4) is 0 Å². The monoisotopic (exact) mass is 355 g/mol. The summed E-state index contributed by atoms with van der Waals surface area (Å²) in [6.07, 6.45) is 0.255. The summed E-state index contributed by atoms with van der Waals surface area (Å²) in [7, 11) is 1.19. The van der Waals surface area contributed by atoms with Gasteiger partial charge in [-0.2, -0.15) is 17.0 Å². The molecule has 1 aromatic rings. The van der Waals surface area contributed by atoms with Crippen molar-refractivity contribution in [1.82, 2.24) is 13.5 Å². The zero-order valence-electron chi connectivity index (χ0n) is 14.7. The third kappa shape index (κ3) is 4.06. The first-order valence-corrected chi connectivity index (χ1v) is 9.24. The molecule has 1 aliphatic rings. The van der Waals surface area contributed by atoms with Crippen molar-refractivity contribution in [2.45, 2.75) is 13.3 Å². The fourth-order valence-electron chi connectivity index (χ4n) is 2.72. The third-order valence-electron chi connectivity index (χ3n) is 4.16. The van der Waals surface area contributed by atoms with E-state index >= 15 is 0 Å². The number of ether oxygens (including phenoxy) is 1. The van der Waals surface area contributed by atoms with Gasteiger partial charge in [0.1, 0.15) is 5.75 Å². The Morgan fingerprint density at radius 1 is 1.21 bits per heavy atom. The van der Waals surface area contributed by atoms with Crippen LogP contribution in [0.4, 0.5) is 0 Å². The molecule has 8 heteroatoms. The van der Waals surface area contributed by atoms with Gasteiger partial charge in [0, 0.05) is 45.8 Å². The van der Waals surface area contributed by atoms with Gasteiger partial charge in [-0.15, -0.1) is 0 Å². The number of hydrogen-bond acceptors (Lipinski definition) is 4. The van der Waals surface area contributed by atoms with Crippen molar-refractivity contribution in [2.24, 2.45) is 0 Å². The number of carbonyl (C=O) groups excluding carboxylic acids is 1. The van der Waals surface area contributed by atoms with E-state index in [9.17, 15) is 13.2 Å². The number of methoxy groups -OCH3 is 1. The van der Waals surface area contributed by atoms with Crippen LogP contribution in [-0.4, -0.2) is 75.2 Å². The van der Waals surface area contributed by atoms with E-state index in [-0.39, 0.29) is 12.3 Å². The van der Waals surface area contributed by atoms with Crippen LogP contribution >= 0.6 is 0 Å². The molecule has 1 saturated heterocycles. The Morgan fingerprint density at radius 2 is 1.83 bits per heavy atom. The lowest BCUT2D eigenvalue weighted by Crippen LogP contribution is -2.53. The van der Waals surface area contributed by atoms with Gasteiger partial charge in [0.2, 0.25) is 5.91 Å². The first-order chi connectivity index (χ1) is 11.3. The maximum atomic E-state index is 12.5. The van der Waals surface area contributed by atoms with E-state index < -0.39 is 10.2 Å². The van der Waals surface area contributed by atoms with Crippen molar-refractivity contribution >= 4 is 16.1 Å². The minimum Gasteiger partial charge on any atom is -0.496 e. The Bertz CT molecular complexity index is 695. The van der Waals surface area contributed by atoms with Gasteiger partial charge in [-0.3, -0.25) is 4.79 Å². The maximum absolute atomic E-state index is 12.5. The Balaban J connectivity index is 2.00. The first-order valence-electron chi connectivity index (χ1n) is 7.84. The molecule has 0 atom stereocenters. The molecule has 0 bridgehead atoms.